The van der Waals surface area contributed by atoms with Crippen LogP contribution in [0, 0.1) is 0 Å². The summed E-state index contributed by atoms with van der Waals surface area (Å²) in [5.41, 5.74) is 0. The van der Waals surface area contributed by atoms with Crippen molar-refractivity contribution in [1.82, 2.24) is 0 Å². The van der Waals surface area contributed by atoms with Gasteiger partial charge in [0.25, 0.3) is 0 Å². The van der Waals surface area contributed by atoms with Gasteiger partial charge in [0.15, 0.2) is 0 Å². The van der Waals surface area contributed by atoms with Gasteiger partial charge in [0.05, 0.1) is 7.11 Å². The van der Waals surface area contributed by atoms with E-state index in [1.165, 1.54) is 12.0 Å². The molecule has 0 saturated heterocycles. The van der Waals surface area contributed by atoms with Crippen molar-refractivity contribution in [2.75, 3.05) is 34.2 Å². The second kappa shape index (κ2) is 7.78. The Labute approximate surface area is 85.5 Å². The molecule has 0 aliphatic carbocycles. The first-order valence-electron chi connectivity index (χ1n) is 4.05. The van der Waals surface area contributed by atoms with Crippen molar-refractivity contribution in [1.29, 1.82) is 0 Å². The first-order chi connectivity index (χ1) is 6.24. The third-order valence-electron chi connectivity index (χ3n) is 1.76. The van der Waals surface area contributed by atoms with Gasteiger partial charge in [-0.1, -0.05) is 0 Å². The Kier molecular flexibility index (Phi) is 8.02. The van der Waals surface area contributed by atoms with Crippen LogP contribution in [0.1, 0.15) is 6.42 Å². The summed E-state index contributed by atoms with van der Waals surface area (Å²) in [6, 6.07) is 0.826. The summed E-state index contributed by atoms with van der Waals surface area (Å²) in [5, 5.41) is 0. The van der Waals surface area contributed by atoms with Crippen molar-refractivity contribution in [3.05, 3.63) is 0 Å². The van der Waals surface area contributed by atoms with E-state index in [9.17, 15) is 0 Å². The minimum absolute atomic E-state index is 0.826. The van der Waals surface area contributed by atoms with E-state index < -0.39 is 8.80 Å². The average molecular weight is 226 g/mol. The number of hydrogen-bond acceptors (Lipinski definition) is 5. The first kappa shape index (κ1) is 13.4. The van der Waals surface area contributed by atoms with E-state index in [-0.39, 0.29) is 0 Å². The van der Waals surface area contributed by atoms with Crippen LogP contribution in [0.3, 0.4) is 0 Å². The van der Waals surface area contributed by atoms with Gasteiger partial charge < -0.3 is 17.5 Å². The van der Waals surface area contributed by atoms with E-state index in [0.717, 1.165) is 18.2 Å². The van der Waals surface area contributed by atoms with E-state index in [1.54, 1.807) is 28.4 Å². The first-order valence-corrected chi connectivity index (χ1v) is 6.90. The lowest BCUT2D eigenvalue weighted by Crippen LogP contribution is -2.42. The predicted molar refractivity (Wildman–Crippen MR) is 55.7 cm³/mol. The topological polar surface area (TPSA) is 36.9 Å². The standard InChI is InChI=1S/C7H18O4SSi/c1-8-12-6-5-7-13(9-2,10-3)11-4/h5-7H2,1-4H3. The minimum Gasteiger partial charge on any atom is -0.377 e. The summed E-state index contributed by atoms with van der Waals surface area (Å²) in [6.45, 7) is 0. The predicted octanol–water partition coefficient (Wildman–Crippen LogP) is 1.55. The third kappa shape index (κ3) is 4.99. The molecular weight excluding hydrogens is 208 g/mol. The summed E-state index contributed by atoms with van der Waals surface area (Å²) in [4.78, 5) is 0. The Morgan fingerprint density at radius 3 is 1.92 bits per heavy atom. The highest BCUT2D eigenvalue weighted by molar-refractivity contribution is 7.94. The summed E-state index contributed by atoms with van der Waals surface area (Å²) in [7, 11) is 4.21. The largest absolute Gasteiger partial charge is 0.500 e. The quantitative estimate of drug-likeness (QED) is 0.356. The maximum atomic E-state index is 5.26. The fourth-order valence-corrected chi connectivity index (χ4v) is 3.39. The molecule has 13 heavy (non-hydrogen) atoms. The molecule has 0 amide bonds. The molecule has 0 radical (unpaired) electrons. The molecule has 0 rings (SSSR count). The van der Waals surface area contributed by atoms with Crippen LogP contribution in [-0.2, 0) is 17.5 Å². The van der Waals surface area contributed by atoms with E-state index in [2.05, 4.69) is 0 Å². The Balaban J connectivity index is 3.68. The van der Waals surface area contributed by atoms with Crippen LogP contribution in [0.2, 0.25) is 6.04 Å². The molecule has 0 aromatic carbocycles. The summed E-state index contributed by atoms with van der Waals surface area (Å²) < 4.78 is 20.6. The maximum Gasteiger partial charge on any atom is 0.500 e. The van der Waals surface area contributed by atoms with Gasteiger partial charge in [0.1, 0.15) is 0 Å². The molecule has 0 aliphatic rings. The van der Waals surface area contributed by atoms with Crippen molar-refractivity contribution < 1.29 is 17.5 Å². The van der Waals surface area contributed by atoms with Crippen LogP contribution >= 0.6 is 12.0 Å². The molecule has 80 valence electrons. The zero-order chi connectivity index (χ0) is 10.2. The zero-order valence-corrected chi connectivity index (χ0v) is 10.5. The van der Waals surface area contributed by atoms with Gasteiger partial charge >= 0.3 is 8.80 Å². The van der Waals surface area contributed by atoms with Crippen LogP contribution in [0.15, 0.2) is 0 Å². The summed E-state index contributed by atoms with van der Waals surface area (Å²) in [6.07, 6.45) is 0.972. The van der Waals surface area contributed by atoms with Crippen molar-refractivity contribution in [3.63, 3.8) is 0 Å². The lowest BCUT2D eigenvalue weighted by atomic mass is 10.6. The molecular formula is C7H18O4SSi. The highest BCUT2D eigenvalue weighted by atomic mass is 32.2. The van der Waals surface area contributed by atoms with Crippen LogP contribution in [-0.4, -0.2) is 43.0 Å². The SMILES string of the molecule is COSCCC[Si](OC)(OC)OC. The lowest BCUT2D eigenvalue weighted by molar-refractivity contribution is 0.123. The summed E-state index contributed by atoms with van der Waals surface area (Å²) >= 11 is 1.44. The Morgan fingerprint density at radius 2 is 1.54 bits per heavy atom. The molecule has 0 fully saturated rings. The summed E-state index contributed by atoms with van der Waals surface area (Å²) in [5.74, 6) is 0.932. The second-order valence-electron chi connectivity index (χ2n) is 2.39. The van der Waals surface area contributed by atoms with Gasteiger partial charge in [-0.15, -0.1) is 0 Å². The molecule has 0 atom stereocenters. The molecule has 0 bridgehead atoms. The molecule has 0 aromatic heterocycles. The smallest absolute Gasteiger partial charge is 0.377 e. The number of hydrogen-bond donors (Lipinski definition) is 0. The molecule has 0 unspecified atom stereocenters. The molecule has 0 N–H and O–H groups in total. The molecule has 4 nitrogen and oxygen atoms in total. The molecule has 0 saturated carbocycles. The van der Waals surface area contributed by atoms with Crippen LogP contribution in [0.5, 0.6) is 0 Å². The van der Waals surface area contributed by atoms with Gasteiger partial charge in [-0.05, 0) is 18.5 Å². The molecule has 0 aromatic rings. The van der Waals surface area contributed by atoms with Crippen molar-refractivity contribution >= 4 is 20.8 Å². The highest BCUT2D eigenvalue weighted by Crippen LogP contribution is 2.16. The van der Waals surface area contributed by atoms with Crippen LogP contribution < -0.4 is 0 Å². The highest BCUT2D eigenvalue weighted by Gasteiger charge is 2.36. The van der Waals surface area contributed by atoms with Crippen LogP contribution in [0.25, 0.3) is 0 Å². The fraction of sp³-hybridized carbons (Fsp3) is 1.00. The van der Waals surface area contributed by atoms with E-state index in [4.69, 9.17) is 17.5 Å². The van der Waals surface area contributed by atoms with Crippen LogP contribution in [0.4, 0.5) is 0 Å². The van der Waals surface area contributed by atoms with Crippen molar-refractivity contribution in [2.45, 2.75) is 12.5 Å². The number of rotatable bonds is 8. The molecule has 0 aliphatic heterocycles. The Bertz CT molecular complexity index is 113. The van der Waals surface area contributed by atoms with Gasteiger partial charge in [-0.25, -0.2) is 0 Å². The van der Waals surface area contributed by atoms with E-state index in [0.29, 0.717) is 0 Å². The van der Waals surface area contributed by atoms with Crippen molar-refractivity contribution in [3.8, 4) is 0 Å². The Hall–Kier alpha value is 0.407. The zero-order valence-electron chi connectivity index (χ0n) is 8.66. The van der Waals surface area contributed by atoms with Gasteiger partial charge in [0, 0.05) is 33.1 Å². The molecule has 0 spiro atoms. The van der Waals surface area contributed by atoms with Gasteiger partial charge in [-0.3, -0.25) is 0 Å². The average Bonchev–Trinajstić information content (AvgIpc) is 2.20. The minimum atomic E-state index is -2.34. The Morgan fingerprint density at radius 1 is 1.00 bits per heavy atom. The normalized spacial score (nSPS) is 12.0. The maximum absolute atomic E-state index is 5.26. The van der Waals surface area contributed by atoms with Gasteiger partial charge in [-0.2, -0.15) is 0 Å². The molecule has 6 heteroatoms. The monoisotopic (exact) mass is 226 g/mol. The lowest BCUT2D eigenvalue weighted by Gasteiger charge is -2.23. The van der Waals surface area contributed by atoms with E-state index in [1.807, 2.05) is 0 Å². The fourth-order valence-electron chi connectivity index (χ4n) is 0.987. The second-order valence-corrected chi connectivity index (χ2v) is 6.46. The van der Waals surface area contributed by atoms with Crippen molar-refractivity contribution in [2.24, 2.45) is 0 Å². The van der Waals surface area contributed by atoms with E-state index >= 15 is 0 Å². The third-order valence-corrected chi connectivity index (χ3v) is 5.28. The molecule has 0 heterocycles. The van der Waals surface area contributed by atoms with Gasteiger partial charge in [0.2, 0.25) is 0 Å².